The number of carbonyl (C=O) groups excluding carboxylic acids is 1. The van der Waals surface area contributed by atoms with Crippen LogP contribution in [0.2, 0.25) is 0 Å². The van der Waals surface area contributed by atoms with Gasteiger partial charge >= 0.3 is 6.18 Å². The van der Waals surface area contributed by atoms with E-state index in [4.69, 9.17) is 5.73 Å². The molecule has 98 valence electrons. The third kappa shape index (κ3) is 4.48. The van der Waals surface area contributed by atoms with Gasteiger partial charge in [-0.15, -0.1) is 0 Å². The molecule has 0 atom stereocenters. The van der Waals surface area contributed by atoms with E-state index in [9.17, 15) is 23.1 Å². The molecule has 2 N–H and O–H groups in total. The number of allylic oxidation sites excluding steroid dienone is 1. The lowest BCUT2D eigenvalue weighted by molar-refractivity contribution is -0.297. The predicted molar refractivity (Wildman–Crippen MR) is 57.0 cm³/mol. The van der Waals surface area contributed by atoms with Gasteiger partial charge in [0.05, 0.1) is 11.5 Å². The van der Waals surface area contributed by atoms with Crippen LogP contribution in [0.25, 0.3) is 0 Å². The molecule has 1 aromatic rings. The van der Waals surface area contributed by atoms with E-state index in [0.717, 1.165) is 18.2 Å². The molecule has 0 bridgehead atoms. The van der Waals surface area contributed by atoms with Crippen molar-refractivity contribution in [2.24, 2.45) is 5.73 Å². The molecule has 3 nitrogen and oxygen atoms in total. The number of aliphatic carboxylic acids is 1. The summed E-state index contributed by atoms with van der Waals surface area (Å²) in [5.74, 6) is -1.39. The maximum atomic E-state index is 12.3. The van der Waals surface area contributed by atoms with Gasteiger partial charge in [0.25, 0.3) is 0 Å². The summed E-state index contributed by atoms with van der Waals surface area (Å²) in [5, 5.41) is 10.2. The topological polar surface area (TPSA) is 66.2 Å². The molecule has 0 radical (unpaired) electrons. The minimum absolute atomic E-state index is 0.120. The molecule has 0 spiro atoms. The summed E-state index contributed by atoms with van der Waals surface area (Å²) in [5.41, 5.74) is 5.43. The van der Waals surface area contributed by atoms with Crippen LogP contribution in [0.15, 0.2) is 36.0 Å². The Hall–Kier alpha value is -1.98. The van der Waals surface area contributed by atoms with Crippen molar-refractivity contribution in [3.8, 4) is 0 Å². The number of carboxylic acids is 1. The minimum Gasteiger partial charge on any atom is -0.545 e. The van der Waals surface area contributed by atoms with Gasteiger partial charge in [0.15, 0.2) is 0 Å². The summed E-state index contributed by atoms with van der Waals surface area (Å²) in [6.45, 7) is 0. The number of carboxylic acid groups (broad SMARTS) is 1. The SMILES string of the molecule is N/C(=C\C(=O)[O-])CCc1ccc(C(F)(F)F)cc1. The second kappa shape index (κ2) is 5.57. The summed E-state index contributed by atoms with van der Waals surface area (Å²) in [7, 11) is 0. The van der Waals surface area contributed by atoms with E-state index in [2.05, 4.69) is 0 Å². The van der Waals surface area contributed by atoms with Gasteiger partial charge in [0, 0.05) is 5.70 Å². The Morgan fingerprint density at radius 1 is 1.28 bits per heavy atom. The largest absolute Gasteiger partial charge is 0.545 e. The number of carbonyl (C=O) groups is 1. The van der Waals surface area contributed by atoms with Gasteiger partial charge in [0.1, 0.15) is 0 Å². The van der Waals surface area contributed by atoms with Gasteiger partial charge in [-0.05, 0) is 36.6 Å². The van der Waals surface area contributed by atoms with E-state index in [1.54, 1.807) is 0 Å². The molecule has 0 unspecified atom stereocenters. The van der Waals surface area contributed by atoms with Crippen molar-refractivity contribution in [3.05, 3.63) is 47.2 Å². The lowest BCUT2D eigenvalue weighted by Crippen LogP contribution is -2.21. The van der Waals surface area contributed by atoms with Crippen molar-refractivity contribution in [2.45, 2.75) is 19.0 Å². The van der Waals surface area contributed by atoms with E-state index in [-0.39, 0.29) is 12.1 Å². The number of alkyl halides is 3. The summed E-state index contributed by atoms with van der Waals surface area (Å²) >= 11 is 0. The van der Waals surface area contributed by atoms with Crippen molar-refractivity contribution in [2.75, 3.05) is 0 Å². The molecule has 0 saturated heterocycles. The Bertz CT molecular complexity index is 449. The second-order valence-corrected chi connectivity index (χ2v) is 3.73. The Morgan fingerprint density at radius 3 is 2.28 bits per heavy atom. The fraction of sp³-hybridized carbons (Fsp3) is 0.250. The zero-order valence-corrected chi connectivity index (χ0v) is 9.33. The molecule has 1 aromatic carbocycles. The average Bonchev–Trinajstić information content (AvgIpc) is 2.25. The number of halogens is 3. The van der Waals surface area contributed by atoms with Gasteiger partial charge in [-0.1, -0.05) is 12.1 Å². The lowest BCUT2D eigenvalue weighted by Gasteiger charge is -2.08. The van der Waals surface area contributed by atoms with Crippen molar-refractivity contribution in [1.82, 2.24) is 0 Å². The van der Waals surface area contributed by atoms with Crippen LogP contribution in [0.5, 0.6) is 0 Å². The van der Waals surface area contributed by atoms with Crippen LogP contribution >= 0.6 is 0 Å². The first kappa shape index (κ1) is 14.1. The van der Waals surface area contributed by atoms with E-state index in [1.807, 2.05) is 0 Å². The Morgan fingerprint density at radius 2 is 1.83 bits per heavy atom. The van der Waals surface area contributed by atoms with Crippen LogP contribution in [-0.4, -0.2) is 5.97 Å². The fourth-order valence-corrected chi connectivity index (χ4v) is 1.37. The summed E-state index contributed by atoms with van der Waals surface area (Å²) < 4.78 is 36.8. The molecule has 0 aliphatic carbocycles. The van der Waals surface area contributed by atoms with E-state index >= 15 is 0 Å². The Balaban J connectivity index is 2.63. The van der Waals surface area contributed by atoms with E-state index in [1.165, 1.54) is 12.1 Å². The van der Waals surface area contributed by atoms with Crippen molar-refractivity contribution >= 4 is 5.97 Å². The van der Waals surface area contributed by atoms with Crippen molar-refractivity contribution < 1.29 is 23.1 Å². The smallest absolute Gasteiger partial charge is 0.416 e. The third-order valence-corrected chi connectivity index (χ3v) is 2.29. The van der Waals surface area contributed by atoms with Crippen LogP contribution in [0, 0.1) is 0 Å². The number of hydrogen-bond acceptors (Lipinski definition) is 3. The highest BCUT2D eigenvalue weighted by molar-refractivity contribution is 5.78. The molecule has 1 rings (SSSR count). The van der Waals surface area contributed by atoms with Gasteiger partial charge in [-0.3, -0.25) is 0 Å². The highest BCUT2D eigenvalue weighted by Gasteiger charge is 2.29. The number of benzene rings is 1. The zero-order valence-electron chi connectivity index (χ0n) is 9.33. The van der Waals surface area contributed by atoms with Crippen LogP contribution in [-0.2, 0) is 17.4 Å². The molecule has 0 amide bonds. The van der Waals surface area contributed by atoms with Crippen molar-refractivity contribution in [3.63, 3.8) is 0 Å². The number of hydrogen-bond donors (Lipinski definition) is 1. The minimum atomic E-state index is -4.35. The maximum absolute atomic E-state index is 12.3. The normalized spacial score (nSPS) is 12.5. The first-order chi connectivity index (χ1) is 8.29. The second-order valence-electron chi connectivity index (χ2n) is 3.73. The van der Waals surface area contributed by atoms with Gasteiger partial charge in [0.2, 0.25) is 0 Å². The van der Waals surface area contributed by atoms with Crippen LogP contribution in [0.3, 0.4) is 0 Å². The summed E-state index contributed by atoms with van der Waals surface area (Å²) in [6, 6.07) is 4.65. The molecule has 0 saturated carbocycles. The first-order valence-electron chi connectivity index (χ1n) is 5.12. The van der Waals surface area contributed by atoms with E-state index in [0.29, 0.717) is 12.0 Å². The molecule has 0 aliphatic rings. The molecule has 6 heteroatoms. The molecule has 0 fully saturated rings. The molecule has 0 aliphatic heterocycles. The van der Waals surface area contributed by atoms with Gasteiger partial charge in [-0.25, -0.2) is 0 Å². The fourth-order valence-electron chi connectivity index (χ4n) is 1.37. The predicted octanol–water partition coefficient (Wildman–Crippen LogP) is 1.23. The number of rotatable bonds is 4. The summed E-state index contributed by atoms with van der Waals surface area (Å²) in [4.78, 5) is 10.2. The maximum Gasteiger partial charge on any atom is 0.416 e. The average molecular weight is 258 g/mol. The quantitative estimate of drug-likeness (QED) is 0.826. The number of aryl methyl sites for hydroxylation is 1. The number of nitrogens with two attached hydrogens (primary N) is 1. The van der Waals surface area contributed by atoms with E-state index < -0.39 is 17.7 Å². The molecule has 18 heavy (non-hydrogen) atoms. The van der Waals surface area contributed by atoms with Gasteiger partial charge in [-0.2, -0.15) is 13.2 Å². The Labute approximate surface area is 102 Å². The highest BCUT2D eigenvalue weighted by atomic mass is 19.4. The van der Waals surface area contributed by atoms with Crippen LogP contribution in [0.1, 0.15) is 17.5 Å². The molecular weight excluding hydrogens is 247 g/mol. The lowest BCUT2D eigenvalue weighted by atomic mass is 10.1. The summed E-state index contributed by atoms with van der Waals surface area (Å²) in [6.07, 6.45) is -2.97. The molecular formula is C12H11F3NO2-. The molecule has 0 heterocycles. The van der Waals surface area contributed by atoms with Crippen LogP contribution < -0.4 is 10.8 Å². The monoisotopic (exact) mass is 258 g/mol. The highest BCUT2D eigenvalue weighted by Crippen LogP contribution is 2.29. The molecule has 0 aromatic heterocycles. The van der Waals surface area contributed by atoms with Crippen molar-refractivity contribution in [1.29, 1.82) is 0 Å². The standard InChI is InChI=1S/C12H12F3NO2/c13-12(14,15)9-4-1-8(2-5-9)3-6-10(16)7-11(17)18/h1-2,4-5,7H,3,6,16H2,(H,17,18)/p-1/b10-7-. The van der Waals surface area contributed by atoms with Gasteiger partial charge < -0.3 is 15.6 Å². The zero-order chi connectivity index (χ0) is 13.8. The van der Waals surface area contributed by atoms with Crippen LogP contribution in [0.4, 0.5) is 13.2 Å². The Kier molecular flexibility index (Phi) is 4.36. The third-order valence-electron chi connectivity index (χ3n) is 2.29. The first-order valence-corrected chi connectivity index (χ1v) is 5.12.